The van der Waals surface area contributed by atoms with Gasteiger partial charge in [0.15, 0.2) is 9.84 Å². The number of nitrogens with one attached hydrogen (secondary N) is 1. The van der Waals surface area contributed by atoms with Gasteiger partial charge in [-0.15, -0.1) is 0 Å². The highest BCUT2D eigenvalue weighted by molar-refractivity contribution is 7.91. The maximum absolute atomic E-state index is 13.6. The van der Waals surface area contributed by atoms with Crippen molar-refractivity contribution in [2.75, 3.05) is 43.4 Å². The molecule has 0 spiro atoms. The minimum absolute atomic E-state index is 0.154. The maximum Gasteiger partial charge on any atom is 0.253 e. The number of pyridine rings is 1. The molecule has 0 bridgehead atoms. The summed E-state index contributed by atoms with van der Waals surface area (Å²) in [6, 6.07) is 11.7. The third kappa shape index (κ3) is 4.83. The zero-order valence-corrected chi connectivity index (χ0v) is 17.7. The topological polar surface area (TPSA) is 105 Å². The lowest BCUT2D eigenvalue weighted by atomic mass is 9.99. The van der Waals surface area contributed by atoms with Gasteiger partial charge in [0.1, 0.15) is 11.6 Å². The molecule has 9 heteroatoms. The SMILES string of the molecule is Nc1ncc(C(=O)NCCN2CCS(=O)(=O)CC2)c2ccc(-c3cccc(F)c3)cc12. The van der Waals surface area contributed by atoms with E-state index in [2.05, 4.69) is 10.3 Å². The first-order chi connectivity index (χ1) is 14.8. The molecule has 162 valence electrons. The molecule has 1 aliphatic rings. The lowest BCUT2D eigenvalue weighted by Gasteiger charge is -2.26. The van der Waals surface area contributed by atoms with E-state index < -0.39 is 9.84 Å². The second kappa shape index (κ2) is 8.60. The van der Waals surface area contributed by atoms with Gasteiger partial charge >= 0.3 is 0 Å². The summed E-state index contributed by atoms with van der Waals surface area (Å²) in [6.07, 6.45) is 1.45. The van der Waals surface area contributed by atoms with Crippen LogP contribution < -0.4 is 11.1 Å². The summed E-state index contributed by atoms with van der Waals surface area (Å²) in [7, 11) is -2.92. The number of nitrogens with zero attached hydrogens (tertiary/aromatic N) is 2. The number of sulfone groups is 1. The summed E-state index contributed by atoms with van der Waals surface area (Å²) in [5, 5.41) is 4.15. The molecule has 1 amide bonds. The number of hydrogen-bond acceptors (Lipinski definition) is 6. The molecule has 3 N–H and O–H groups in total. The number of halogens is 1. The van der Waals surface area contributed by atoms with Crippen molar-refractivity contribution >= 4 is 32.3 Å². The van der Waals surface area contributed by atoms with Crippen LogP contribution in [0.3, 0.4) is 0 Å². The number of benzene rings is 2. The monoisotopic (exact) mass is 442 g/mol. The molecule has 0 saturated carbocycles. The van der Waals surface area contributed by atoms with Gasteiger partial charge in [-0.2, -0.15) is 0 Å². The Kier molecular flexibility index (Phi) is 5.88. The number of fused-ring (bicyclic) bond motifs is 1. The van der Waals surface area contributed by atoms with Crippen LogP contribution in [0.5, 0.6) is 0 Å². The fourth-order valence-corrected chi connectivity index (χ4v) is 4.97. The van der Waals surface area contributed by atoms with Crippen molar-refractivity contribution in [3.05, 3.63) is 60.0 Å². The molecule has 31 heavy (non-hydrogen) atoms. The molecule has 2 heterocycles. The Bertz CT molecular complexity index is 1230. The van der Waals surface area contributed by atoms with Crippen molar-refractivity contribution < 1.29 is 17.6 Å². The number of anilines is 1. The molecule has 4 rings (SSSR count). The number of nitrogen functional groups attached to an aromatic ring is 1. The predicted octanol–water partition coefficient (Wildman–Crippen LogP) is 2.08. The van der Waals surface area contributed by atoms with E-state index in [1.165, 1.54) is 18.3 Å². The first-order valence-electron chi connectivity index (χ1n) is 9.97. The molecule has 1 fully saturated rings. The summed E-state index contributed by atoms with van der Waals surface area (Å²) < 4.78 is 36.6. The smallest absolute Gasteiger partial charge is 0.253 e. The van der Waals surface area contributed by atoms with E-state index in [9.17, 15) is 17.6 Å². The van der Waals surface area contributed by atoms with Crippen molar-refractivity contribution in [2.24, 2.45) is 0 Å². The molecule has 0 unspecified atom stereocenters. The quantitative estimate of drug-likeness (QED) is 0.627. The Hall–Kier alpha value is -3.04. The Morgan fingerprint density at radius 3 is 2.58 bits per heavy atom. The van der Waals surface area contributed by atoms with Gasteiger partial charge in [-0.25, -0.2) is 17.8 Å². The fourth-order valence-electron chi connectivity index (χ4n) is 3.69. The van der Waals surface area contributed by atoms with Gasteiger partial charge in [-0.05, 0) is 34.7 Å². The highest BCUT2D eigenvalue weighted by Crippen LogP contribution is 2.29. The van der Waals surface area contributed by atoms with Crippen LogP contribution in [-0.4, -0.2) is 61.9 Å². The molecule has 0 aliphatic carbocycles. The number of carbonyl (C=O) groups is 1. The molecular weight excluding hydrogens is 419 g/mol. The van der Waals surface area contributed by atoms with Crippen molar-refractivity contribution in [1.29, 1.82) is 0 Å². The minimum Gasteiger partial charge on any atom is -0.383 e. The normalized spacial score (nSPS) is 16.3. The van der Waals surface area contributed by atoms with Gasteiger partial charge in [0, 0.05) is 37.8 Å². The summed E-state index contributed by atoms with van der Waals surface area (Å²) >= 11 is 0. The van der Waals surface area contributed by atoms with Crippen LogP contribution in [0.1, 0.15) is 10.4 Å². The molecule has 0 radical (unpaired) electrons. The molecule has 0 atom stereocenters. The number of hydrogen-bond donors (Lipinski definition) is 2. The fraction of sp³-hybridized carbons (Fsp3) is 0.273. The Balaban J connectivity index is 1.50. The summed E-state index contributed by atoms with van der Waals surface area (Å²) in [6.45, 7) is 1.93. The number of aromatic nitrogens is 1. The van der Waals surface area contributed by atoms with Crippen molar-refractivity contribution in [3.63, 3.8) is 0 Å². The van der Waals surface area contributed by atoms with Gasteiger partial charge in [0.05, 0.1) is 17.1 Å². The van der Waals surface area contributed by atoms with Crippen LogP contribution in [0.2, 0.25) is 0 Å². The Labute approximate surface area is 180 Å². The molecule has 1 aliphatic heterocycles. The highest BCUT2D eigenvalue weighted by Gasteiger charge is 2.21. The van der Waals surface area contributed by atoms with Crippen LogP contribution in [0, 0.1) is 5.82 Å². The summed E-state index contributed by atoms with van der Waals surface area (Å²) in [5.41, 5.74) is 7.93. The lowest BCUT2D eigenvalue weighted by molar-refractivity contribution is 0.0950. The first kappa shape index (κ1) is 21.2. The number of rotatable bonds is 5. The third-order valence-corrected chi connectivity index (χ3v) is 7.08. The zero-order valence-electron chi connectivity index (χ0n) is 16.8. The van der Waals surface area contributed by atoms with Crippen LogP contribution in [0.25, 0.3) is 21.9 Å². The van der Waals surface area contributed by atoms with Crippen molar-refractivity contribution in [1.82, 2.24) is 15.2 Å². The number of nitrogens with two attached hydrogens (primary N) is 1. The van der Waals surface area contributed by atoms with Crippen LogP contribution in [0.4, 0.5) is 10.2 Å². The lowest BCUT2D eigenvalue weighted by Crippen LogP contribution is -2.43. The highest BCUT2D eigenvalue weighted by atomic mass is 32.2. The zero-order chi connectivity index (χ0) is 22.0. The molecule has 3 aromatic rings. The van der Waals surface area contributed by atoms with E-state index in [1.807, 2.05) is 11.0 Å². The molecule has 7 nitrogen and oxygen atoms in total. The predicted molar refractivity (Wildman–Crippen MR) is 119 cm³/mol. The van der Waals surface area contributed by atoms with Gasteiger partial charge in [-0.1, -0.05) is 24.3 Å². The van der Waals surface area contributed by atoms with E-state index in [-0.39, 0.29) is 23.2 Å². The van der Waals surface area contributed by atoms with Crippen LogP contribution in [0.15, 0.2) is 48.7 Å². The maximum atomic E-state index is 13.6. The van der Waals surface area contributed by atoms with Crippen molar-refractivity contribution in [3.8, 4) is 11.1 Å². The Morgan fingerprint density at radius 1 is 1.10 bits per heavy atom. The average molecular weight is 443 g/mol. The minimum atomic E-state index is -2.92. The van der Waals surface area contributed by atoms with E-state index in [0.29, 0.717) is 53.9 Å². The average Bonchev–Trinajstić information content (AvgIpc) is 2.75. The summed E-state index contributed by atoms with van der Waals surface area (Å²) in [5.74, 6) is -0.00882. The largest absolute Gasteiger partial charge is 0.383 e. The Morgan fingerprint density at radius 2 is 1.84 bits per heavy atom. The molecule has 2 aromatic carbocycles. The van der Waals surface area contributed by atoms with E-state index in [0.717, 1.165) is 5.56 Å². The van der Waals surface area contributed by atoms with Crippen molar-refractivity contribution in [2.45, 2.75) is 0 Å². The molecular formula is C22H23FN4O3S. The first-order valence-corrected chi connectivity index (χ1v) is 11.8. The number of amides is 1. The van der Waals surface area contributed by atoms with Gasteiger partial charge in [0.2, 0.25) is 0 Å². The van der Waals surface area contributed by atoms with Gasteiger partial charge in [-0.3, -0.25) is 9.69 Å². The van der Waals surface area contributed by atoms with Gasteiger partial charge < -0.3 is 11.1 Å². The molecule has 1 aromatic heterocycles. The van der Waals surface area contributed by atoms with Gasteiger partial charge in [0.25, 0.3) is 5.91 Å². The van der Waals surface area contributed by atoms with E-state index in [1.54, 1.807) is 24.3 Å². The summed E-state index contributed by atoms with van der Waals surface area (Å²) in [4.78, 5) is 18.9. The standard InChI is InChI=1S/C22H23FN4O3S/c23-17-3-1-2-15(12-17)16-4-5-18-19(13-16)21(24)26-14-20(18)22(28)25-6-7-27-8-10-31(29,30)11-9-27/h1-5,12-14H,6-11H2,(H2,24,26)(H,25,28). The third-order valence-electron chi connectivity index (χ3n) is 5.47. The second-order valence-electron chi connectivity index (χ2n) is 7.58. The van der Waals surface area contributed by atoms with E-state index in [4.69, 9.17) is 5.73 Å². The molecule has 1 saturated heterocycles. The number of carbonyl (C=O) groups excluding carboxylic acids is 1. The van der Waals surface area contributed by atoms with E-state index >= 15 is 0 Å². The van der Waals surface area contributed by atoms with Crippen LogP contribution >= 0.6 is 0 Å². The van der Waals surface area contributed by atoms with Crippen LogP contribution in [-0.2, 0) is 9.84 Å². The second-order valence-corrected chi connectivity index (χ2v) is 9.88.